The Labute approximate surface area is 99.4 Å². The summed E-state index contributed by atoms with van der Waals surface area (Å²) in [5.74, 6) is -0.0701. The molecule has 0 fully saturated rings. The van der Waals surface area contributed by atoms with Crippen LogP contribution >= 0.6 is 0 Å². The van der Waals surface area contributed by atoms with E-state index >= 15 is 0 Å². The maximum absolute atomic E-state index is 11.7. The fourth-order valence-electron chi connectivity index (χ4n) is 1.75. The molecular weight excluding hydrogens is 218 g/mol. The molecule has 2 rings (SSSR count). The van der Waals surface area contributed by atoms with E-state index in [1.54, 1.807) is 25.3 Å². The zero-order valence-corrected chi connectivity index (χ0v) is 9.49. The van der Waals surface area contributed by atoms with Crippen LogP contribution < -0.4 is 10.6 Å². The summed E-state index contributed by atoms with van der Waals surface area (Å²) in [6.45, 7) is 0.512. The molecule has 17 heavy (non-hydrogen) atoms. The summed E-state index contributed by atoms with van der Waals surface area (Å²) in [6, 6.07) is 6.90. The number of carbonyl (C=O) groups excluding carboxylic acids is 1. The highest BCUT2D eigenvalue weighted by molar-refractivity contribution is 6.03. The van der Waals surface area contributed by atoms with E-state index in [1.807, 2.05) is 0 Å². The second-order valence-electron chi connectivity index (χ2n) is 3.84. The Hall–Kier alpha value is -2.06. The summed E-state index contributed by atoms with van der Waals surface area (Å²) in [4.78, 5) is 11.7. The summed E-state index contributed by atoms with van der Waals surface area (Å²) in [6.07, 6.45) is 0.596. The zero-order valence-electron chi connectivity index (χ0n) is 9.49. The van der Waals surface area contributed by atoms with Gasteiger partial charge in [0.2, 0.25) is 5.91 Å². The molecule has 1 amide bonds. The Morgan fingerprint density at radius 2 is 2.29 bits per heavy atom. The van der Waals surface area contributed by atoms with E-state index in [-0.39, 0.29) is 11.9 Å². The molecule has 88 valence electrons. The van der Waals surface area contributed by atoms with E-state index < -0.39 is 0 Å². The predicted molar refractivity (Wildman–Crippen MR) is 63.7 cm³/mol. The molecule has 0 radical (unpaired) electrons. The summed E-state index contributed by atoms with van der Waals surface area (Å²) in [5.41, 5.74) is 2.06. The van der Waals surface area contributed by atoms with Crippen molar-refractivity contribution in [3.05, 3.63) is 23.8 Å². The van der Waals surface area contributed by atoms with Crippen LogP contribution in [0.5, 0.6) is 0 Å². The van der Waals surface area contributed by atoms with Crippen LogP contribution in [0.15, 0.2) is 18.2 Å². The van der Waals surface area contributed by atoms with Crippen molar-refractivity contribution in [2.24, 2.45) is 0 Å². The fourth-order valence-corrected chi connectivity index (χ4v) is 1.75. The lowest BCUT2D eigenvalue weighted by Crippen LogP contribution is -2.39. The third kappa shape index (κ3) is 2.37. The van der Waals surface area contributed by atoms with Gasteiger partial charge in [-0.1, -0.05) is 0 Å². The average Bonchev–Trinajstić information content (AvgIpc) is 2.35. The van der Waals surface area contributed by atoms with Crippen LogP contribution in [0.4, 0.5) is 11.4 Å². The number of amides is 1. The first-order valence-corrected chi connectivity index (χ1v) is 5.35. The summed E-state index contributed by atoms with van der Waals surface area (Å²) >= 11 is 0. The van der Waals surface area contributed by atoms with Gasteiger partial charge < -0.3 is 15.4 Å². The molecule has 1 atom stereocenters. The van der Waals surface area contributed by atoms with E-state index in [0.717, 1.165) is 5.69 Å². The predicted octanol–water partition coefficient (Wildman–Crippen LogP) is 1.33. The topological polar surface area (TPSA) is 74.2 Å². The monoisotopic (exact) mass is 231 g/mol. The number of rotatable bonds is 3. The second kappa shape index (κ2) is 4.85. The lowest BCUT2D eigenvalue weighted by atomic mass is 10.1. The molecule has 5 heteroatoms. The molecule has 0 aliphatic carbocycles. The average molecular weight is 231 g/mol. The van der Waals surface area contributed by atoms with Crippen LogP contribution in [0.25, 0.3) is 0 Å². The quantitative estimate of drug-likeness (QED) is 0.823. The summed E-state index contributed by atoms with van der Waals surface area (Å²) < 4.78 is 4.95. The van der Waals surface area contributed by atoms with Gasteiger partial charge in [0.25, 0.3) is 0 Å². The SMILES string of the molecule is COCCC1Nc2cc(C#N)ccc2NC1=O. The van der Waals surface area contributed by atoms with Gasteiger partial charge in [-0.15, -0.1) is 0 Å². The highest BCUT2D eigenvalue weighted by Gasteiger charge is 2.24. The lowest BCUT2D eigenvalue weighted by Gasteiger charge is -2.26. The third-order valence-corrected chi connectivity index (χ3v) is 2.66. The molecule has 1 heterocycles. The Balaban J connectivity index is 2.20. The first-order chi connectivity index (χ1) is 8.24. The number of nitrogens with zero attached hydrogens (tertiary/aromatic N) is 1. The summed E-state index contributed by atoms with van der Waals surface area (Å²) in [7, 11) is 1.60. The number of nitrogens with one attached hydrogen (secondary N) is 2. The minimum atomic E-state index is -0.309. The molecule has 1 unspecified atom stereocenters. The van der Waals surface area contributed by atoms with Gasteiger partial charge in [-0.3, -0.25) is 4.79 Å². The molecule has 0 bridgehead atoms. The molecule has 1 aliphatic heterocycles. The van der Waals surface area contributed by atoms with Gasteiger partial charge in [-0.25, -0.2) is 0 Å². The maximum Gasteiger partial charge on any atom is 0.247 e. The molecule has 0 saturated carbocycles. The van der Waals surface area contributed by atoms with Crippen LogP contribution in [0.2, 0.25) is 0 Å². The highest BCUT2D eigenvalue weighted by atomic mass is 16.5. The van der Waals surface area contributed by atoms with Crippen LogP contribution in [0.3, 0.4) is 0 Å². The van der Waals surface area contributed by atoms with Crippen molar-refractivity contribution in [3.8, 4) is 6.07 Å². The molecule has 2 N–H and O–H groups in total. The van der Waals surface area contributed by atoms with E-state index in [0.29, 0.717) is 24.3 Å². The third-order valence-electron chi connectivity index (χ3n) is 2.66. The molecule has 5 nitrogen and oxygen atoms in total. The normalized spacial score (nSPS) is 17.6. The molecule has 0 saturated heterocycles. The maximum atomic E-state index is 11.7. The molecule has 0 aromatic heterocycles. The van der Waals surface area contributed by atoms with Gasteiger partial charge in [0.15, 0.2) is 0 Å². The number of ether oxygens (including phenoxy) is 1. The second-order valence-corrected chi connectivity index (χ2v) is 3.84. The van der Waals surface area contributed by atoms with Crippen LogP contribution in [0.1, 0.15) is 12.0 Å². The Kier molecular flexibility index (Phi) is 3.26. The van der Waals surface area contributed by atoms with Crippen LogP contribution in [0, 0.1) is 11.3 Å². The standard InChI is InChI=1S/C12H13N3O2/c1-17-5-4-10-12(16)15-9-3-2-8(7-13)6-11(9)14-10/h2-3,6,10,14H,4-5H2,1H3,(H,15,16). The number of hydrogen-bond acceptors (Lipinski definition) is 4. The number of methoxy groups -OCH3 is 1. The van der Waals surface area contributed by atoms with E-state index in [2.05, 4.69) is 16.7 Å². The Bertz CT molecular complexity index is 479. The van der Waals surface area contributed by atoms with Crippen molar-refractivity contribution >= 4 is 17.3 Å². The van der Waals surface area contributed by atoms with Gasteiger partial charge >= 0.3 is 0 Å². The van der Waals surface area contributed by atoms with Crippen molar-refractivity contribution in [2.75, 3.05) is 24.4 Å². The summed E-state index contributed by atoms with van der Waals surface area (Å²) in [5, 5.41) is 14.7. The largest absolute Gasteiger partial charge is 0.385 e. The van der Waals surface area contributed by atoms with Crippen molar-refractivity contribution in [1.82, 2.24) is 0 Å². The van der Waals surface area contributed by atoms with Crippen molar-refractivity contribution in [1.29, 1.82) is 5.26 Å². The van der Waals surface area contributed by atoms with Gasteiger partial charge in [0.05, 0.1) is 23.0 Å². The molecule has 1 aliphatic rings. The number of nitriles is 1. The van der Waals surface area contributed by atoms with Crippen molar-refractivity contribution in [3.63, 3.8) is 0 Å². The van der Waals surface area contributed by atoms with Gasteiger partial charge in [0.1, 0.15) is 6.04 Å². The number of hydrogen-bond donors (Lipinski definition) is 2. The van der Waals surface area contributed by atoms with Crippen LogP contribution in [-0.2, 0) is 9.53 Å². The molecular formula is C12H13N3O2. The Morgan fingerprint density at radius 3 is 3.00 bits per heavy atom. The lowest BCUT2D eigenvalue weighted by molar-refractivity contribution is -0.117. The first-order valence-electron chi connectivity index (χ1n) is 5.35. The number of anilines is 2. The van der Waals surface area contributed by atoms with Crippen molar-refractivity contribution in [2.45, 2.75) is 12.5 Å². The zero-order chi connectivity index (χ0) is 12.3. The number of fused-ring (bicyclic) bond motifs is 1. The van der Waals surface area contributed by atoms with Crippen molar-refractivity contribution < 1.29 is 9.53 Å². The van der Waals surface area contributed by atoms with Gasteiger partial charge in [-0.05, 0) is 24.6 Å². The van der Waals surface area contributed by atoms with E-state index in [4.69, 9.17) is 10.00 Å². The smallest absolute Gasteiger partial charge is 0.247 e. The minimum Gasteiger partial charge on any atom is -0.385 e. The van der Waals surface area contributed by atoms with Gasteiger partial charge in [-0.2, -0.15) is 5.26 Å². The van der Waals surface area contributed by atoms with E-state index in [1.165, 1.54) is 0 Å². The minimum absolute atomic E-state index is 0.0701. The first kappa shape index (κ1) is 11.4. The number of carbonyl (C=O) groups is 1. The highest BCUT2D eigenvalue weighted by Crippen LogP contribution is 2.28. The fraction of sp³-hybridized carbons (Fsp3) is 0.333. The molecule has 1 aromatic carbocycles. The van der Waals surface area contributed by atoms with Gasteiger partial charge in [0, 0.05) is 13.7 Å². The molecule has 0 spiro atoms. The molecule has 1 aromatic rings. The van der Waals surface area contributed by atoms with Crippen LogP contribution in [-0.4, -0.2) is 25.7 Å². The Morgan fingerprint density at radius 1 is 1.47 bits per heavy atom. The number of benzene rings is 1. The van der Waals surface area contributed by atoms with E-state index in [9.17, 15) is 4.79 Å².